The lowest BCUT2D eigenvalue weighted by Gasteiger charge is -2.34. The van der Waals surface area contributed by atoms with Crippen molar-refractivity contribution < 1.29 is 18.0 Å². The Hall–Kier alpha value is -3.82. The zero-order chi connectivity index (χ0) is 28.5. The lowest BCUT2D eigenvalue weighted by Crippen LogP contribution is -2.50. The number of benzene rings is 3. The van der Waals surface area contributed by atoms with Crippen LogP contribution in [-0.2, 0) is 21.2 Å². The Bertz CT molecular complexity index is 1570. The van der Waals surface area contributed by atoms with Crippen LogP contribution in [-0.4, -0.2) is 73.7 Å². The van der Waals surface area contributed by atoms with Crippen molar-refractivity contribution in [3.8, 4) is 11.1 Å². The van der Waals surface area contributed by atoms with E-state index < -0.39 is 15.6 Å². The molecule has 2 amide bonds. The second kappa shape index (κ2) is 11.0. The third-order valence-corrected chi connectivity index (χ3v) is 9.66. The Morgan fingerprint density at radius 2 is 1.62 bits per heavy atom. The minimum Gasteiger partial charge on any atom is -0.345 e. The summed E-state index contributed by atoms with van der Waals surface area (Å²) < 4.78 is 27.9. The number of carbonyl (C=O) groups is 2. The standard InChI is InChI=1S/C31H34N4O4S/c1-22-20-27(29(36)34(2)3)13-12-23(22)14-19-40(38,39)35-17-15-31(16-18-35)30(37)32-28(33-31)26-11-7-10-25(21-26)24-8-5-4-6-9-24/h4-13,20-21H,14-19H2,1-3H3,(H,32,33,37). The van der Waals surface area contributed by atoms with Crippen molar-refractivity contribution in [3.05, 3.63) is 95.1 Å². The second-order valence-electron chi connectivity index (χ2n) is 10.7. The van der Waals surface area contributed by atoms with Crippen LogP contribution in [0.25, 0.3) is 11.1 Å². The molecule has 2 aliphatic heterocycles. The van der Waals surface area contributed by atoms with E-state index in [0.717, 1.165) is 27.8 Å². The van der Waals surface area contributed by atoms with E-state index in [1.54, 1.807) is 26.2 Å². The molecule has 0 saturated carbocycles. The first kappa shape index (κ1) is 27.7. The van der Waals surface area contributed by atoms with Crippen LogP contribution in [0.2, 0.25) is 0 Å². The van der Waals surface area contributed by atoms with Crippen molar-refractivity contribution in [2.75, 3.05) is 32.9 Å². The van der Waals surface area contributed by atoms with Gasteiger partial charge in [-0.1, -0.05) is 54.6 Å². The summed E-state index contributed by atoms with van der Waals surface area (Å²) in [5, 5.41) is 2.95. The summed E-state index contributed by atoms with van der Waals surface area (Å²) in [6, 6.07) is 23.3. The summed E-state index contributed by atoms with van der Waals surface area (Å²) in [4.78, 5) is 31.7. The van der Waals surface area contributed by atoms with E-state index in [9.17, 15) is 18.0 Å². The Labute approximate surface area is 235 Å². The first-order valence-electron chi connectivity index (χ1n) is 13.4. The zero-order valence-electron chi connectivity index (χ0n) is 23.1. The molecule has 9 heteroatoms. The minimum absolute atomic E-state index is 0.0329. The summed E-state index contributed by atoms with van der Waals surface area (Å²) in [7, 11) is -0.126. The molecule has 3 aromatic rings. The fourth-order valence-corrected chi connectivity index (χ4v) is 6.81. The molecule has 40 heavy (non-hydrogen) atoms. The van der Waals surface area contributed by atoms with Gasteiger partial charge in [0.25, 0.3) is 11.8 Å². The minimum atomic E-state index is -3.53. The van der Waals surface area contributed by atoms with Gasteiger partial charge >= 0.3 is 0 Å². The Balaban J connectivity index is 1.24. The number of rotatable bonds is 7. The van der Waals surface area contributed by atoms with Crippen LogP contribution in [0.4, 0.5) is 0 Å². The third-order valence-electron chi connectivity index (χ3n) is 7.79. The number of hydrogen-bond acceptors (Lipinski definition) is 5. The van der Waals surface area contributed by atoms with E-state index in [4.69, 9.17) is 4.99 Å². The van der Waals surface area contributed by atoms with E-state index in [1.807, 2.05) is 67.6 Å². The van der Waals surface area contributed by atoms with Crippen molar-refractivity contribution in [1.82, 2.24) is 14.5 Å². The zero-order valence-corrected chi connectivity index (χ0v) is 23.9. The van der Waals surface area contributed by atoms with Crippen molar-refractivity contribution in [2.24, 2.45) is 4.99 Å². The van der Waals surface area contributed by atoms with Gasteiger partial charge in [0, 0.05) is 38.3 Å². The number of nitrogens with one attached hydrogen (secondary N) is 1. The monoisotopic (exact) mass is 558 g/mol. The van der Waals surface area contributed by atoms with Gasteiger partial charge in [-0.15, -0.1) is 0 Å². The first-order valence-corrected chi connectivity index (χ1v) is 15.1. The normalized spacial score (nSPS) is 17.0. The van der Waals surface area contributed by atoms with Gasteiger partial charge in [-0.25, -0.2) is 12.7 Å². The Kier molecular flexibility index (Phi) is 7.61. The van der Waals surface area contributed by atoms with E-state index in [2.05, 4.69) is 5.32 Å². The van der Waals surface area contributed by atoms with Crippen molar-refractivity contribution in [2.45, 2.75) is 31.7 Å². The van der Waals surface area contributed by atoms with Gasteiger partial charge in [-0.05, 0) is 66.6 Å². The molecule has 0 bridgehead atoms. The van der Waals surface area contributed by atoms with E-state index in [-0.39, 0.29) is 30.7 Å². The molecule has 0 aliphatic carbocycles. The second-order valence-corrected chi connectivity index (χ2v) is 12.8. The Morgan fingerprint density at radius 3 is 2.30 bits per heavy atom. The van der Waals surface area contributed by atoms with Crippen LogP contribution in [0.1, 0.15) is 39.9 Å². The molecular formula is C31H34N4O4S. The van der Waals surface area contributed by atoms with Gasteiger partial charge in [-0.2, -0.15) is 0 Å². The number of aryl methyl sites for hydroxylation is 2. The highest BCUT2D eigenvalue weighted by molar-refractivity contribution is 7.89. The lowest BCUT2D eigenvalue weighted by atomic mass is 9.89. The average molecular weight is 559 g/mol. The van der Waals surface area contributed by atoms with Gasteiger partial charge in [-0.3, -0.25) is 14.6 Å². The van der Waals surface area contributed by atoms with Crippen LogP contribution in [0.15, 0.2) is 77.8 Å². The van der Waals surface area contributed by atoms with Gasteiger partial charge in [0.15, 0.2) is 0 Å². The smallest absolute Gasteiger partial charge is 0.253 e. The summed E-state index contributed by atoms with van der Waals surface area (Å²) in [6.07, 6.45) is 1.02. The number of amidine groups is 1. The predicted molar refractivity (Wildman–Crippen MR) is 157 cm³/mol. The van der Waals surface area contributed by atoms with Gasteiger partial charge < -0.3 is 10.2 Å². The molecule has 5 rings (SSSR count). The highest BCUT2D eigenvalue weighted by Gasteiger charge is 2.47. The average Bonchev–Trinajstić information content (AvgIpc) is 3.27. The number of hydrogen-bond donors (Lipinski definition) is 1. The van der Waals surface area contributed by atoms with Crippen LogP contribution < -0.4 is 5.32 Å². The van der Waals surface area contributed by atoms with Gasteiger partial charge in [0.1, 0.15) is 11.4 Å². The molecule has 0 aromatic heterocycles. The number of aliphatic imine (C=N–C) groups is 1. The summed E-state index contributed by atoms with van der Waals surface area (Å²) in [6.45, 7) is 2.38. The quantitative estimate of drug-likeness (QED) is 0.479. The molecule has 0 unspecified atom stereocenters. The van der Waals surface area contributed by atoms with Gasteiger partial charge in [0.05, 0.1) is 5.75 Å². The van der Waals surface area contributed by atoms with E-state index in [0.29, 0.717) is 30.7 Å². The fourth-order valence-electron chi connectivity index (χ4n) is 5.34. The number of piperidine rings is 1. The first-order chi connectivity index (χ1) is 19.1. The van der Waals surface area contributed by atoms with E-state index in [1.165, 1.54) is 9.21 Å². The van der Waals surface area contributed by atoms with Crippen molar-refractivity contribution in [1.29, 1.82) is 0 Å². The molecule has 8 nitrogen and oxygen atoms in total. The summed E-state index contributed by atoms with van der Waals surface area (Å²) >= 11 is 0. The van der Waals surface area contributed by atoms with Crippen molar-refractivity contribution in [3.63, 3.8) is 0 Å². The predicted octanol–water partition coefficient (Wildman–Crippen LogP) is 3.65. The van der Waals surface area contributed by atoms with Crippen LogP contribution >= 0.6 is 0 Å². The van der Waals surface area contributed by atoms with Crippen LogP contribution in [0, 0.1) is 6.92 Å². The van der Waals surface area contributed by atoms with Crippen LogP contribution in [0.5, 0.6) is 0 Å². The molecule has 1 spiro atoms. The largest absolute Gasteiger partial charge is 0.345 e. The molecule has 208 valence electrons. The maximum atomic E-state index is 13.2. The molecule has 0 atom stereocenters. The highest BCUT2D eigenvalue weighted by atomic mass is 32.2. The number of amides is 2. The molecule has 1 N–H and O–H groups in total. The molecule has 1 saturated heterocycles. The van der Waals surface area contributed by atoms with E-state index >= 15 is 0 Å². The molecule has 1 fully saturated rings. The van der Waals surface area contributed by atoms with Crippen LogP contribution in [0.3, 0.4) is 0 Å². The summed E-state index contributed by atoms with van der Waals surface area (Å²) in [5.74, 6) is 0.239. The number of sulfonamides is 1. The summed E-state index contributed by atoms with van der Waals surface area (Å²) in [5.41, 5.74) is 4.36. The lowest BCUT2D eigenvalue weighted by molar-refractivity contribution is -0.124. The topological polar surface area (TPSA) is 99.2 Å². The molecular weight excluding hydrogens is 524 g/mol. The number of carbonyl (C=O) groups excluding carboxylic acids is 2. The van der Waals surface area contributed by atoms with Gasteiger partial charge in [0.2, 0.25) is 10.0 Å². The molecule has 2 heterocycles. The Morgan fingerprint density at radius 1 is 0.950 bits per heavy atom. The third kappa shape index (κ3) is 5.57. The SMILES string of the molecule is Cc1cc(C(=O)N(C)C)ccc1CCS(=O)(=O)N1CCC2(CC1)N=C(c1cccc(-c3ccccc3)c1)NC2=O. The maximum absolute atomic E-state index is 13.2. The molecule has 2 aliphatic rings. The molecule has 0 radical (unpaired) electrons. The number of nitrogens with zero attached hydrogens (tertiary/aromatic N) is 3. The maximum Gasteiger partial charge on any atom is 0.253 e. The highest BCUT2D eigenvalue weighted by Crippen LogP contribution is 2.33. The fraction of sp³-hybridized carbons (Fsp3) is 0.323. The molecule has 3 aromatic carbocycles. The van der Waals surface area contributed by atoms with Crippen molar-refractivity contribution >= 4 is 27.7 Å².